The summed E-state index contributed by atoms with van der Waals surface area (Å²) in [4.78, 5) is 4.17. The van der Waals surface area contributed by atoms with Gasteiger partial charge in [0.1, 0.15) is 0 Å². The van der Waals surface area contributed by atoms with Crippen molar-refractivity contribution in [2.24, 2.45) is 5.73 Å². The van der Waals surface area contributed by atoms with E-state index in [0.29, 0.717) is 0 Å². The molecule has 0 saturated carbocycles. The zero-order chi connectivity index (χ0) is 11.5. The summed E-state index contributed by atoms with van der Waals surface area (Å²) in [7, 11) is 0. The van der Waals surface area contributed by atoms with Crippen molar-refractivity contribution < 1.29 is 0 Å². The average molecular weight is 232 g/mol. The molecule has 0 saturated heterocycles. The van der Waals surface area contributed by atoms with Gasteiger partial charge in [-0.1, -0.05) is 0 Å². The Morgan fingerprint density at radius 1 is 1.38 bits per heavy atom. The Balaban J connectivity index is 2.22. The molecule has 0 spiro atoms. The summed E-state index contributed by atoms with van der Waals surface area (Å²) in [5.74, 6) is 0. The molecular formula is C11H12N4S. The van der Waals surface area contributed by atoms with Gasteiger partial charge in [0, 0.05) is 17.6 Å². The highest BCUT2D eigenvalue weighted by atomic mass is 32.1. The zero-order valence-corrected chi connectivity index (χ0v) is 9.66. The second-order valence-corrected chi connectivity index (χ2v) is 3.90. The molecule has 0 amide bonds. The molecule has 0 unspecified atom stereocenters. The zero-order valence-electron chi connectivity index (χ0n) is 8.84. The number of aromatic nitrogens is 2. The third kappa shape index (κ3) is 2.38. The van der Waals surface area contributed by atoms with E-state index in [1.54, 1.807) is 6.33 Å². The lowest BCUT2D eigenvalue weighted by Gasteiger charge is -2.05. The topological polar surface area (TPSA) is 55.9 Å². The van der Waals surface area contributed by atoms with Crippen LogP contribution in [-0.4, -0.2) is 14.7 Å². The molecule has 16 heavy (non-hydrogen) atoms. The van der Waals surface area contributed by atoms with E-state index >= 15 is 0 Å². The molecule has 1 heterocycles. The number of imidazole rings is 1. The molecule has 5 heteroatoms. The molecule has 0 aliphatic heterocycles. The summed E-state index contributed by atoms with van der Waals surface area (Å²) in [5, 5.41) is 3.14. The van der Waals surface area contributed by atoms with E-state index < -0.39 is 0 Å². The second-order valence-electron chi connectivity index (χ2n) is 3.46. The van der Waals surface area contributed by atoms with Gasteiger partial charge in [-0.2, -0.15) is 0 Å². The van der Waals surface area contributed by atoms with E-state index in [4.69, 9.17) is 18.0 Å². The highest BCUT2D eigenvalue weighted by molar-refractivity contribution is 7.80. The molecule has 0 aliphatic carbocycles. The highest BCUT2D eigenvalue weighted by Gasteiger charge is 1.98. The van der Waals surface area contributed by atoms with Crippen LogP contribution in [0.5, 0.6) is 0 Å². The lowest BCUT2D eigenvalue weighted by molar-refractivity contribution is 1.06. The molecule has 1 aromatic carbocycles. The fourth-order valence-electron chi connectivity index (χ4n) is 1.42. The monoisotopic (exact) mass is 232 g/mol. The van der Waals surface area contributed by atoms with Crippen LogP contribution in [-0.2, 0) is 0 Å². The summed E-state index contributed by atoms with van der Waals surface area (Å²) in [5.41, 5.74) is 8.31. The van der Waals surface area contributed by atoms with Gasteiger partial charge in [-0.3, -0.25) is 0 Å². The number of nitrogens with zero attached hydrogens (tertiary/aromatic N) is 2. The lowest BCUT2D eigenvalue weighted by atomic mass is 10.3. The number of nitrogens with two attached hydrogens (primary N) is 1. The first kappa shape index (κ1) is 10.6. The Hall–Kier alpha value is -1.88. The van der Waals surface area contributed by atoms with E-state index in [-0.39, 0.29) is 5.11 Å². The maximum absolute atomic E-state index is 5.38. The molecule has 0 atom stereocenters. The van der Waals surface area contributed by atoms with Crippen molar-refractivity contribution in [3.63, 3.8) is 0 Å². The lowest BCUT2D eigenvalue weighted by Crippen LogP contribution is -2.18. The van der Waals surface area contributed by atoms with E-state index in [1.165, 1.54) is 0 Å². The summed E-state index contributed by atoms with van der Waals surface area (Å²) in [6.45, 7) is 1.96. The van der Waals surface area contributed by atoms with Gasteiger partial charge in [0.15, 0.2) is 5.11 Å². The minimum absolute atomic E-state index is 0.270. The van der Waals surface area contributed by atoms with Crippen molar-refractivity contribution in [3.8, 4) is 5.69 Å². The first-order chi connectivity index (χ1) is 7.65. The summed E-state index contributed by atoms with van der Waals surface area (Å²) in [6, 6.07) is 7.79. The van der Waals surface area contributed by atoms with Gasteiger partial charge in [0.2, 0.25) is 0 Å². The maximum Gasteiger partial charge on any atom is 0.168 e. The summed E-state index contributed by atoms with van der Waals surface area (Å²) in [6.07, 6.45) is 3.75. The molecule has 0 bridgehead atoms. The first-order valence-corrected chi connectivity index (χ1v) is 5.23. The van der Waals surface area contributed by atoms with Gasteiger partial charge in [-0.15, -0.1) is 0 Å². The van der Waals surface area contributed by atoms with Crippen LogP contribution in [0.25, 0.3) is 5.69 Å². The van der Waals surface area contributed by atoms with Crippen LogP contribution in [0.2, 0.25) is 0 Å². The number of nitrogens with one attached hydrogen (secondary N) is 1. The number of hydrogen-bond acceptors (Lipinski definition) is 2. The molecule has 82 valence electrons. The van der Waals surface area contributed by atoms with Crippen LogP contribution in [0.1, 0.15) is 5.69 Å². The highest BCUT2D eigenvalue weighted by Crippen LogP contribution is 2.13. The van der Waals surface area contributed by atoms with Crippen molar-refractivity contribution in [2.45, 2.75) is 6.92 Å². The molecule has 4 nitrogen and oxygen atoms in total. The van der Waals surface area contributed by atoms with Crippen molar-refractivity contribution in [1.29, 1.82) is 0 Å². The number of hydrogen-bond donors (Lipinski definition) is 2. The van der Waals surface area contributed by atoms with Gasteiger partial charge in [-0.25, -0.2) is 4.98 Å². The van der Waals surface area contributed by atoms with Crippen LogP contribution >= 0.6 is 12.2 Å². The minimum Gasteiger partial charge on any atom is -0.376 e. The number of benzene rings is 1. The Labute approximate surface area is 99.1 Å². The summed E-state index contributed by atoms with van der Waals surface area (Å²) < 4.78 is 1.96. The van der Waals surface area contributed by atoms with Gasteiger partial charge < -0.3 is 15.6 Å². The second kappa shape index (κ2) is 4.32. The number of rotatable bonds is 2. The molecule has 0 radical (unpaired) electrons. The molecule has 3 N–H and O–H groups in total. The Morgan fingerprint density at radius 2 is 2.06 bits per heavy atom. The molecule has 2 rings (SSSR count). The van der Waals surface area contributed by atoms with Gasteiger partial charge in [0.25, 0.3) is 0 Å². The fourth-order valence-corrected chi connectivity index (χ4v) is 1.54. The molecule has 0 fully saturated rings. The third-order valence-electron chi connectivity index (χ3n) is 2.14. The third-order valence-corrected chi connectivity index (χ3v) is 2.25. The van der Waals surface area contributed by atoms with Crippen LogP contribution in [0.15, 0.2) is 36.8 Å². The molecule has 1 aromatic heterocycles. The molecule has 2 aromatic rings. The molecular weight excluding hydrogens is 220 g/mol. The van der Waals surface area contributed by atoms with Gasteiger partial charge >= 0.3 is 0 Å². The van der Waals surface area contributed by atoms with Gasteiger partial charge in [-0.05, 0) is 43.4 Å². The standard InChI is InChI=1S/C11H12N4S/c1-8-6-15(7-13-8)10-4-2-9(3-5-10)14-11(12)16/h2-7H,1H3,(H3,12,14,16). The number of aryl methyl sites for hydroxylation is 1. The van der Waals surface area contributed by atoms with Crippen LogP contribution in [0.4, 0.5) is 5.69 Å². The summed E-state index contributed by atoms with van der Waals surface area (Å²) >= 11 is 4.76. The van der Waals surface area contributed by atoms with E-state index in [0.717, 1.165) is 17.1 Å². The minimum atomic E-state index is 0.270. The van der Waals surface area contributed by atoms with E-state index in [1.807, 2.05) is 42.0 Å². The van der Waals surface area contributed by atoms with Crippen LogP contribution in [0, 0.1) is 6.92 Å². The molecule has 0 aliphatic rings. The van der Waals surface area contributed by atoms with Crippen molar-refractivity contribution in [3.05, 3.63) is 42.5 Å². The Morgan fingerprint density at radius 3 is 2.56 bits per heavy atom. The van der Waals surface area contributed by atoms with Gasteiger partial charge in [0.05, 0.1) is 12.0 Å². The number of thiocarbonyl (C=S) groups is 1. The largest absolute Gasteiger partial charge is 0.376 e. The Bertz CT molecular complexity index is 501. The predicted octanol–water partition coefficient (Wildman–Crippen LogP) is 1.84. The smallest absolute Gasteiger partial charge is 0.168 e. The van der Waals surface area contributed by atoms with Crippen molar-refractivity contribution in [2.75, 3.05) is 5.32 Å². The van der Waals surface area contributed by atoms with Crippen molar-refractivity contribution in [1.82, 2.24) is 9.55 Å². The van der Waals surface area contributed by atoms with Crippen molar-refractivity contribution >= 4 is 23.0 Å². The van der Waals surface area contributed by atoms with E-state index in [9.17, 15) is 0 Å². The van der Waals surface area contributed by atoms with Crippen LogP contribution < -0.4 is 11.1 Å². The predicted molar refractivity (Wildman–Crippen MR) is 68.7 cm³/mol. The SMILES string of the molecule is Cc1cn(-c2ccc(NC(N)=S)cc2)cn1. The average Bonchev–Trinajstić information content (AvgIpc) is 2.65. The Kier molecular flexibility index (Phi) is 2.87. The first-order valence-electron chi connectivity index (χ1n) is 4.82. The maximum atomic E-state index is 5.38. The fraction of sp³-hybridized carbons (Fsp3) is 0.0909. The normalized spacial score (nSPS) is 10.1. The van der Waals surface area contributed by atoms with Crippen LogP contribution in [0.3, 0.4) is 0 Å². The van der Waals surface area contributed by atoms with E-state index in [2.05, 4.69) is 10.3 Å². The quantitative estimate of drug-likeness (QED) is 0.776. The number of anilines is 1.